The van der Waals surface area contributed by atoms with E-state index < -0.39 is 10.0 Å². The van der Waals surface area contributed by atoms with Gasteiger partial charge in [0, 0.05) is 18.7 Å². The summed E-state index contributed by atoms with van der Waals surface area (Å²) in [5, 5.41) is 0. The molecule has 1 saturated heterocycles. The second-order valence-corrected chi connectivity index (χ2v) is 8.37. The molecular weight excluding hydrogens is 376 g/mol. The van der Waals surface area contributed by atoms with Crippen LogP contribution in [0.15, 0.2) is 66.1 Å². The zero-order valence-corrected chi connectivity index (χ0v) is 16.6. The summed E-state index contributed by atoms with van der Waals surface area (Å²) < 4.78 is 32.4. The van der Waals surface area contributed by atoms with Crippen LogP contribution < -0.4 is 9.46 Å². The molecule has 148 valence electrons. The molecule has 0 spiro atoms. The highest BCUT2D eigenvalue weighted by atomic mass is 32.2. The molecule has 0 radical (unpaired) electrons. The number of benzene rings is 2. The van der Waals surface area contributed by atoms with Crippen LogP contribution in [0.2, 0.25) is 0 Å². The number of sulfonamides is 1. The first-order chi connectivity index (χ1) is 13.5. The van der Waals surface area contributed by atoms with E-state index in [-0.39, 0.29) is 23.4 Å². The van der Waals surface area contributed by atoms with Crippen molar-refractivity contribution in [3.63, 3.8) is 0 Å². The fraction of sp³-hybridized carbons (Fsp3) is 0.286. The quantitative estimate of drug-likeness (QED) is 0.725. The Balaban J connectivity index is 1.87. The first-order valence-electron chi connectivity index (χ1n) is 9.12. The number of amides is 1. The zero-order chi connectivity index (χ0) is 20.1. The van der Waals surface area contributed by atoms with Gasteiger partial charge in [0.15, 0.2) is 0 Å². The monoisotopic (exact) mass is 400 g/mol. The summed E-state index contributed by atoms with van der Waals surface area (Å²) in [6.07, 6.45) is 3.22. The molecular formula is C21H24N2O4S. The van der Waals surface area contributed by atoms with Crippen LogP contribution in [0.3, 0.4) is 0 Å². The largest absolute Gasteiger partial charge is 0.497 e. The third-order valence-electron chi connectivity index (χ3n) is 4.80. The first kappa shape index (κ1) is 20.1. The first-order valence-corrected chi connectivity index (χ1v) is 10.6. The Morgan fingerprint density at radius 1 is 1.29 bits per heavy atom. The van der Waals surface area contributed by atoms with E-state index >= 15 is 0 Å². The second-order valence-electron chi connectivity index (χ2n) is 6.60. The highest BCUT2D eigenvalue weighted by Crippen LogP contribution is 2.34. The number of methoxy groups -OCH3 is 1. The fourth-order valence-corrected chi connectivity index (χ4v) is 4.46. The molecule has 0 saturated carbocycles. The van der Waals surface area contributed by atoms with Crippen molar-refractivity contribution in [1.29, 1.82) is 0 Å². The van der Waals surface area contributed by atoms with Gasteiger partial charge in [-0.05, 0) is 48.7 Å². The van der Waals surface area contributed by atoms with Crippen molar-refractivity contribution in [3.05, 3.63) is 72.3 Å². The Hall–Kier alpha value is -2.64. The van der Waals surface area contributed by atoms with Crippen molar-refractivity contribution in [2.45, 2.75) is 23.8 Å². The average molecular weight is 401 g/mol. The Labute approximate surface area is 165 Å². The number of carbonyl (C=O) groups excluding carboxylic acids is 1. The summed E-state index contributed by atoms with van der Waals surface area (Å²) in [6, 6.07) is 13.8. The van der Waals surface area contributed by atoms with Crippen LogP contribution in [0.4, 0.5) is 0 Å². The number of nitrogens with one attached hydrogen (secondary N) is 1. The van der Waals surface area contributed by atoms with Gasteiger partial charge in [0.05, 0.1) is 18.0 Å². The maximum Gasteiger partial charge on any atom is 0.254 e. The van der Waals surface area contributed by atoms with Crippen LogP contribution >= 0.6 is 0 Å². The third kappa shape index (κ3) is 4.26. The number of hydrogen-bond acceptors (Lipinski definition) is 4. The van der Waals surface area contributed by atoms with Crippen LogP contribution in [0.5, 0.6) is 5.75 Å². The maximum atomic E-state index is 13.1. The predicted molar refractivity (Wildman–Crippen MR) is 108 cm³/mol. The number of ether oxygens (including phenoxy) is 1. The summed E-state index contributed by atoms with van der Waals surface area (Å²) in [5.74, 6) is 0.573. The summed E-state index contributed by atoms with van der Waals surface area (Å²) in [5.41, 5.74) is 1.37. The molecule has 1 heterocycles. The lowest BCUT2D eigenvalue weighted by Gasteiger charge is -2.25. The molecule has 2 aromatic rings. The van der Waals surface area contributed by atoms with Crippen molar-refractivity contribution >= 4 is 15.9 Å². The summed E-state index contributed by atoms with van der Waals surface area (Å²) in [4.78, 5) is 15.0. The van der Waals surface area contributed by atoms with Crippen LogP contribution in [-0.2, 0) is 10.0 Å². The molecule has 1 amide bonds. The van der Waals surface area contributed by atoms with Crippen molar-refractivity contribution in [3.8, 4) is 5.75 Å². The highest BCUT2D eigenvalue weighted by Gasteiger charge is 2.31. The van der Waals surface area contributed by atoms with Gasteiger partial charge in [0.1, 0.15) is 5.75 Å². The van der Waals surface area contributed by atoms with Crippen molar-refractivity contribution < 1.29 is 17.9 Å². The number of hydrogen-bond donors (Lipinski definition) is 1. The van der Waals surface area contributed by atoms with Crippen LogP contribution in [0, 0.1) is 0 Å². The second kappa shape index (κ2) is 8.58. The van der Waals surface area contributed by atoms with Crippen LogP contribution in [0.25, 0.3) is 0 Å². The van der Waals surface area contributed by atoms with E-state index in [0.29, 0.717) is 12.1 Å². The molecule has 1 N–H and O–H groups in total. The minimum atomic E-state index is -3.69. The molecule has 1 unspecified atom stereocenters. The highest BCUT2D eigenvalue weighted by molar-refractivity contribution is 7.89. The zero-order valence-electron chi connectivity index (χ0n) is 15.8. The number of likely N-dealkylation sites (tertiary alicyclic amines) is 1. The molecule has 3 rings (SSSR count). The molecule has 0 aliphatic carbocycles. The Morgan fingerprint density at radius 2 is 2.07 bits per heavy atom. The number of nitrogens with zero attached hydrogens (tertiary/aromatic N) is 1. The van der Waals surface area contributed by atoms with Crippen LogP contribution in [-0.4, -0.2) is 39.4 Å². The van der Waals surface area contributed by atoms with Crippen molar-refractivity contribution in [1.82, 2.24) is 9.62 Å². The Kier molecular flexibility index (Phi) is 6.16. The molecule has 7 heteroatoms. The molecule has 0 bridgehead atoms. The van der Waals surface area contributed by atoms with Crippen molar-refractivity contribution in [2.75, 3.05) is 20.2 Å². The van der Waals surface area contributed by atoms with E-state index in [2.05, 4.69) is 11.3 Å². The molecule has 28 heavy (non-hydrogen) atoms. The number of rotatable bonds is 7. The van der Waals surface area contributed by atoms with Gasteiger partial charge < -0.3 is 9.64 Å². The van der Waals surface area contributed by atoms with E-state index in [4.69, 9.17) is 4.74 Å². The van der Waals surface area contributed by atoms with E-state index in [1.807, 2.05) is 24.3 Å². The van der Waals surface area contributed by atoms with Crippen LogP contribution in [0.1, 0.15) is 34.8 Å². The van der Waals surface area contributed by atoms with Gasteiger partial charge >= 0.3 is 0 Å². The van der Waals surface area contributed by atoms with E-state index in [9.17, 15) is 13.2 Å². The topological polar surface area (TPSA) is 75.7 Å². The molecule has 1 atom stereocenters. The average Bonchev–Trinajstić information content (AvgIpc) is 3.22. The van der Waals surface area contributed by atoms with Crippen molar-refractivity contribution in [2.24, 2.45) is 0 Å². The fourth-order valence-electron chi connectivity index (χ4n) is 3.42. The summed E-state index contributed by atoms with van der Waals surface area (Å²) in [6.45, 7) is 4.27. The van der Waals surface area contributed by atoms with E-state index in [0.717, 1.165) is 24.2 Å². The van der Waals surface area contributed by atoms with Gasteiger partial charge in [0.25, 0.3) is 5.91 Å². The minimum absolute atomic E-state index is 0.0539. The van der Waals surface area contributed by atoms with Gasteiger partial charge in [-0.2, -0.15) is 0 Å². The molecule has 2 aromatic carbocycles. The Morgan fingerprint density at radius 3 is 2.82 bits per heavy atom. The molecule has 6 nitrogen and oxygen atoms in total. The van der Waals surface area contributed by atoms with Gasteiger partial charge in [-0.25, -0.2) is 13.1 Å². The smallest absolute Gasteiger partial charge is 0.254 e. The normalized spacial score (nSPS) is 16.8. The third-order valence-corrected chi connectivity index (χ3v) is 6.22. The summed E-state index contributed by atoms with van der Waals surface area (Å²) >= 11 is 0. The minimum Gasteiger partial charge on any atom is -0.497 e. The van der Waals surface area contributed by atoms with E-state index in [1.165, 1.54) is 18.2 Å². The van der Waals surface area contributed by atoms with Gasteiger partial charge in [-0.15, -0.1) is 6.58 Å². The lowest BCUT2D eigenvalue weighted by Crippen LogP contribution is -2.31. The lowest BCUT2D eigenvalue weighted by molar-refractivity contribution is 0.0735. The SMILES string of the molecule is C=CCNS(=O)(=O)c1cccc(C(=O)N2CCCC2c2cccc(OC)c2)c1. The van der Waals surface area contributed by atoms with Gasteiger partial charge in [-0.1, -0.05) is 24.3 Å². The van der Waals surface area contributed by atoms with E-state index in [1.54, 1.807) is 24.1 Å². The molecule has 1 aliphatic rings. The maximum absolute atomic E-state index is 13.1. The summed E-state index contributed by atoms with van der Waals surface area (Å²) in [7, 11) is -2.07. The predicted octanol–water partition coefficient (Wildman–Crippen LogP) is 3.14. The standard InChI is InChI=1S/C21H24N2O4S/c1-3-12-22-28(25,26)19-10-5-8-17(15-19)21(24)23-13-6-11-20(23)16-7-4-9-18(14-16)27-2/h3-5,7-10,14-15,20,22H,1,6,11-13H2,2H3. The number of carbonyl (C=O) groups is 1. The lowest BCUT2D eigenvalue weighted by atomic mass is 10.0. The molecule has 1 aliphatic heterocycles. The molecule has 1 fully saturated rings. The van der Waals surface area contributed by atoms with Gasteiger partial charge in [0.2, 0.25) is 10.0 Å². The van der Waals surface area contributed by atoms with Gasteiger partial charge in [-0.3, -0.25) is 4.79 Å². The Bertz CT molecular complexity index is 972. The molecule has 0 aromatic heterocycles.